The van der Waals surface area contributed by atoms with Crippen LogP contribution < -0.4 is 10.2 Å². The molecule has 3 rings (SSSR count). The van der Waals surface area contributed by atoms with E-state index >= 15 is 0 Å². The van der Waals surface area contributed by atoms with Crippen LogP contribution in [0.1, 0.15) is 16.9 Å². The highest BCUT2D eigenvalue weighted by atomic mass is 16.5. The second-order valence-corrected chi connectivity index (χ2v) is 6.04. The number of hydrogen-bond acceptors (Lipinski definition) is 6. The number of pyridine rings is 1. The van der Waals surface area contributed by atoms with Crippen molar-refractivity contribution in [1.29, 1.82) is 0 Å². The van der Waals surface area contributed by atoms with Crippen LogP contribution in [-0.4, -0.2) is 81.5 Å². The lowest BCUT2D eigenvalue weighted by molar-refractivity contribution is 0.0374. The summed E-state index contributed by atoms with van der Waals surface area (Å²) in [5, 5.41) is 2.97. The Bertz CT molecular complexity index is 528. The fourth-order valence-electron chi connectivity index (χ4n) is 2.94. The van der Waals surface area contributed by atoms with Crippen molar-refractivity contribution in [2.75, 3.05) is 70.6 Å². The molecule has 2 fully saturated rings. The van der Waals surface area contributed by atoms with Gasteiger partial charge < -0.3 is 19.7 Å². The van der Waals surface area contributed by atoms with E-state index in [-0.39, 0.29) is 5.91 Å². The average Bonchev–Trinajstić information content (AvgIpc) is 2.67. The predicted octanol–water partition coefficient (Wildman–Crippen LogP) is 0.370. The first-order valence-corrected chi connectivity index (χ1v) is 8.71. The molecule has 132 valence electrons. The van der Waals surface area contributed by atoms with Crippen LogP contribution >= 0.6 is 0 Å². The van der Waals surface area contributed by atoms with Gasteiger partial charge in [-0.3, -0.25) is 9.69 Å². The number of anilines is 1. The highest BCUT2D eigenvalue weighted by molar-refractivity contribution is 5.92. The molecular weight excluding hydrogens is 308 g/mol. The molecule has 7 heteroatoms. The summed E-state index contributed by atoms with van der Waals surface area (Å²) in [6, 6.07) is 5.60. The number of ether oxygens (including phenoxy) is 2. The van der Waals surface area contributed by atoms with Crippen molar-refractivity contribution >= 4 is 11.7 Å². The summed E-state index contributed by atoms with van der Waals surface area (Å²) in [5.41, 5.74) is 0.477. The zero-order chi connectivity index (χ0) is 16.6. The van der Waals surface area contributed by atoms with E-state index in [1.165, 1.54) is 0 Å². The van der Waals surface area contributed by atoms with Crippen LogP contribution in [-0.2, 0) is 9.47 Å². The fourth-order valence-corrected chi connectivity index (χ4v) is 2.94. The number of morpholine rings is 2. The molecule has 0 aromatic carbocycles. The number of amides is 1. The molecule has 7 nitrogen and oxygen atoms in total. The highest BCUT2D eigenvalue weighted by Gasteiger charge is 2.15. The largest absolute Gasteiger partial charge is 0.379 e. The Kier molecular flexibility index (Phi) is 6.40. The van der Waals surface area contributed by atoms with E-state index in [2.05, 4.69) is 20.1 Å². The quantitative estimate of drug-likeness (QED) is 0.758. The van der Waals surface area contributed by atoms with E-state index in [1.807, 2.05) is 12.1 Å². The van der Waals surface area contributed by atoms with E-state index < -0.39 is 0 Å². The average molecular weight is 334 g/mol. The highest BCUT2D eigenvalue weighted by Crippen LogP contribution is 2.13. The lowest BCUT2D eigenvalue weighted by Crippen LogP contribution is -2.38. The third kappa shape index (κ3) is 4.90. The van der Waals surface area contributed by atoms with E-state index in [1.54, 1.807) is 6.07 Å². The molecule has 1 aromatic rings. The molecule has 0 unspecified atom stereocenters. The molecule has 1 amide bonds. The van der Waals surface area contributed by atoms with E-state index in [0.717, 1.165) is 58.2 Å². The summed E-state index contributed by atoms with van der Waals surface area (Å²) in [6.45, 7) is 8.29. The van der Waals surface area contributed by atoms with Gasteiger partial charge in [-0.25, -0.2) is 4.98 Å². The minimum atomic E-state index is -0.105. The van der Waals surface area contributed by atoms with E-state index in [9.17, 15) is 4.79 Å². The summed E-state index contributed by atoms with van der Waals surface area (Å²) >= 11 is 0. The maximum atomic E-state index is 12.3. The molecule has 1 aromatic heterocycles. The molecule has 0 saturated carbocycles. The third-order valence-electron chi connectivity index (χ3n) is 4.34. The van der Waals surface area contributed by atoms with Gasteiger partial charge in [0.15, 0.2) is 0 Å². The zero-order valence-corrected chi connectivity index (χ0v) is 14.1. The van der Waals surface area contributed by atoms with Gasteiger partial charge in [0, 0.05) is 32.7 Å². The van der Waals surface area contributed by atoms with Crippen molar-refractivity contribution in [1.82, 2.24) is 15.2 Å². The number of carbonyl (C=O) groups is 1. The lowest BCUT2D eigenvalue weighted by Gasteiger charge is -2.28. The van der Waals surface area contributed by atoms with Crippen LogP contribution in [0, 0.1) is 0 Å². The van der Waals surface area contributed by atoms with Gasteiger partial charge in [0.25, 0.3) is 5.91 Å². The molecule has 2 saturated heterocycles. The zero-order valence-electron chi connectivity index (χ0n) is 14.1. The molecule has 1 N–H and O–H groups in total. The molecule has 0 aliphatic carbocycles. The Labute approximate surface area is 142 Å². The first-order valence-electron chi connectivity index (χ1n) is 8.71. The Morgan fingerprint density at radius 2 is 1.79 bits per heavy atom. The fraction of sp³-hybridized carbons (Fsp3) is 0.647. The SMILES string of the molecule is O=C(NCCCN1CCOCC1)c1cccc(N2CCOCC2)n1. The molecule has 0 spiro atoms. The van der Waals surface area contributed by atoms with E-state index in [4.69, 9.17) is 9.47 Å². The molecule has 3 heterocycles. The summed E-state index contributed by atoms with van der Waals surface area (Å²) in [5.74, 6) is 0.742. The molecule has 0 bridgehead atoms. The van der Waals surface area contributed by atoms with Crippen molar-refractivity contribution in [3.63, 3.8) is 0 Å². The van der Waals surface area contributed by atoms with Crippen LogP contribution in [0.25, 0.3) is 0 Å². The van der Waals surface area contributed by atoms with Crippen molar-refractivity contribution < 1.29 is 14.3 Å². The van der Waals surface area contributed by atoms with Crippen LogP contribution in [0.4, 0.5) is 5.82 Å². The Morgan fingerprint density at radius 1 is 1.08 bits per heavy atom. The molecule has 2 aliphatic rings. The number of aromatic nitrogens is 1. The predicted molar refractivity (Wildman–Crippen MR) is 91.5 cm³/mol. The number of rotatable bonds is 6. The first kappa shape index (κ1) is 17.1. The van der Waals surface area contributed by atoms with Crippen LogP contribution in [0.2, 0.25) is 0 Å². The van der Waals surface area contributed by atoms with Gasteiger partial charge in [0.05, 0.1) is 26.4 Å². The monoisotopic (exact) mass is 334 g/mol. The van der Waals surface area contributed by atoms with Gasteiger partial charge in [-0.1, -0.05) is 6.07 Å². The lowest BCUT2D eigenvalue weighted by atomic mass is 10.3. The normalized spacial score (nSPS) is 19.2. The van der Waals surface area contributed by atoms with Gasteiger partial charge in [0.2, 0.25) is 0 Å². The van der Waals surface area contributed by atoms with Crippen molar-refractivity contribution in [3.8, 4) is 0 Å². The van der Waals surface area contributed by atoms with Crippen molar-refractivity contribution in [3.05, 3.63) is 23.9 Å². The number of hydrogen-bond donors (Lipinski definition) is 1. The number of nitrogens with one attached hydrogen (secondary N) is 1. The minimum Gasteiger partial charge on any atom is -0.379 e. The molecule has 0 atom stereocenters. The van der Waals surface area contributed by atoms with Crippen molar-refractivity contribution in [2.24, 2.45) is 0 Å². The maximum Gasteiger partial charge on any atom is 0.269 e. The van der Waals surface area contributed by atoms with Crippen molar-refractivity contribution in [2.45, 2.75) is 6.42 Å². The van der Waals surface area contributed by atoms with Gasteiger partial charge in [-0.15, -0.1) is 0 Å². The maximum absolute atomic E-state index is 12.3. The first-order chi connectivity index (χ1) is 11.8. The van der Waals surface area contributed by atoms with Gasteiger partial charge >= 0.3 is 0 Å². The van der Waals surface area contributed by atoms with Gasteiger partial charge in [-0.05, 0) is 25.1 Å². The second kappa shape index (κ2) is 8.96. The standard InChI is InChI=1S/C17H26N4O3/c22-17(18-5-2-6-20-7-11-23-12-8-20)15-3-1-4-16(19-15)21-9-13-24-14-10-21/h1,3-4H,2,5-14H2,(H,18,22). The van der Waals surface area contributed by atoms with Gasteiger partial charge in [-0.2, -0.15) is 0 Å². The second-order valence-electron chi connectivity index (χ2n) is 6.04. The topological polar surface area (TPSA) is 66.9 Å². The molecule has 2 aliphatic heterocycles. The Morgan fingerprint density at radius 3 is 2.54 bits per heavy atom. The number of nitrogens with zero attached hydrogens (tertiary/aromatic N) is 3. The number of carbonyl (C=O) groups excluding carboxylic acids is 1. The molecule has 0 radical (unpaired) electrons. The third-order valence-corrected chi connectivity index (χ3v) is 4.34. The Balaban J connectivity index is 1.44. The summed E-state index contributed by atoms with van der Waals surface area (Å²) < 4.78 is 10.7. The van der Waals surface area contributed by atoms with Crippen LogP contribution in [0.15, 0.2) is 18.2 Å². The van der Waals surface area contributed by atoms with Crippen LogP contribution in [0.5, 0.6) is 0 Å². The van der Waals surface area contributed by atoms with Crippen LogP contribution in [0.3, 0.4) is 0 Å². The molecule has 24 heavy (non-hydrogen) atoms. The van der Waals surface area contributed by atoms with Gasteiger partial charge in [0.1, 0.15) is 11.5 Å². The molecular formula is C17H26N4O3. The summed E-state index contributed by atoms with van der Waals surface area (Å²) in [4.78, 5) is 21.3. The summed E-state index contributed by atoms with van der Waals surface area (Å²) in [7, 11) is 0. The smallest absolute Gasteiger partial charge is 0.269 e. The summed E-state index contributed by atoms with van der Waals surface area (Å²) in [6.07, 6.45) is 0.939. The van der Waals surface area contributed by atoms with E-state index in [0.29, 0.717) is 25.5 Å². The Hall–Kier alpha value is -1.70. The minimum absolute atomic E-state index is 0.105.